The molecule has 0 bridgehead atoms. The minimum atomic E-state index is -0.396. The summed E-state index contributed by atoms with van der Waals surface area (Å²) in [7, 11) is 0. The summed E-state index contributed by atoms with van der Waals surface area (Å²) in [5.74, 6) is 0.180. The average Bonchev–Trinajstić information content (AvgIpc) is 2.76. The van der Waals surface area contributed by atoms with Crippen LogP contribution < -0.4 is 10.5 Å². The molecule has 0 amide bonds. The summed E-state index contributed by atoms with van der Waals surface area (Å²) in [6, 6.07) is 6.31. The van der Waals surface area contributed by atoms with Crippen LogP contribution in [0.5, 0.6) is 0 Å². The molecule has 0 saturated carbocycles. The van der Waals surface area contributed by atoms with E-state index < -0.39 is 5.54 Å². The van der Waals surface area contributed by atoms with Gasteiger partial charge < -0.3 is 5.32 Å². The van der Waals surface area contributed by atoms with Gasteiger partial charge in [-0.15, -0.1) is 5.23 Å². The van der Waals surface area contributed by atoms with E-state index in [2.05, 4.69) is 10.4 Å². The van der Waals surface area contributed by atoms with Gasteiger partial charge in [-0.3, -0.25) is 10.4 Å². The average molecular weight is 306 g/mol. The van der Waals surface area contributed by atoms with Crippen LogP contribution in [0.3, 0.4) is 0 Å². The molecule has 22 heavy (non-hydrogen) atoms. The van der Waals surface area contributed by atoms with Crippen molar-refractivity contribution < 1.29 is 14.8 Å². The maximum Gasteiger partial charge on any atom is 0.159 e. The van der Waals surface area contributed by atoms with E-state index in [1.54, 1.807) is 29.8 Å². The smallest absolute Gasteiger partial charge is 0.159 e. The van der Waals surface area contributed by atoms with Gasteiger partial charge in [-0.25, -0.2) is 9.07 Å². The van der Waals surface area contributed by atoms with E-state index in [0.717, 1.165) is 0 Å². The highest BCUT2D eigenvalue weighted by atomic mass is 19.1. The maximum atomic E-state index is 14.1. The number of benzene rings is 1. The number of nitrogens with one attached hydrogen (secondary N) is 1. The van der Waals surface area contributed by atoms with E-state index in [-0.39, 0.29) is 22.8 Å². The fourth-order valence-corrected chi connectivity index (χ4v) is 3.07. The molecule has 0 radical (unpaired) electrons. The Hall–Kier alpha value is -2.12. The van der Waals surface area contributed by atoms with Crippen molar-refractivity contribution in [1.82, 2.24) is 9.78 Å². The number of rotatable bonds is 2. The van der Waals surface area contributed by atoms with Crippen molar-refractivity contribution in [3.8, 4) is 0 Å². The van der Waals surface area contributed by atoms with Crippen molar-refractivity contribution >= 4 is 11.5 Å². The number of aryl methyl sites for hydroxylation is 1. The Balaban J connectivity index is 2.10. The lowest BCUT2D eigenvalue weighted by Crippen LogP contribution is -2.38. The monoisotopic (exact) mass is 306 g/mol. The number of anilines is 2. The molecule has 1 aliphatic rings. The Labute approximate surface area is 127 Å². The van der Waals surface area contributed by atoms with E-state index in [0.29, 0.717) is 23.5 Å². The van der Waals surface area contributed by atoms with Crippen LogP contribution in [0, 0.1) is 12.7 Å². The van der Waals surface area contributed by atoms with Crippen molar-refractivity contribution in [1.29, 1.82) is 0 Å². The SMILES string of the molecule is Cc1nn2c(c1N(O)O)NC(c1ccccc1F)CC2(C)C. The first-order valence-electron chi connectivity index (χ1n) is 7.10. The first-order chi connectivity index (χ1) is 10.3. The number of halogens is 1. The third-order valence-corrected chi connectivity index (χ3v) is 4.10. The summed E-state index contributed by atoms with van der Waals surface area (Å²) in [4.78, 5) is 0. The van der Waals surface area contributed by atoms with Crippen molar-refractivity contribution in [2.75, 3.05) is 10.5 Å². The molecule has 2 aromatic rings. The molecule has 0 fully saturated rings. The molecule has 1 aromatic heterocycles. The number of nitrogens with zero attached hydrogens (tertiary/aromatic N) is 3. The van der Waals surface area contributed by atoms with Crippen molar-refractivity contribution in [2.24, 2.45) is 0 Å². The molecule has 1 aliphatic heterocycles. The Morgan fingerprint density at radius 3 is 2.68 bits per heavy atom. The molecule has 0 saturated heterocycles. The largest absolute Gasteiger partial charge is 0.361 e. The van der Waals surface area contributed by atoms with Crippen molar-refractivity contribution in [2.45, 2.75) is 38.8 Å². The van der Waals surface area contributed by atoms with Gasteiger partial charge in [0.05, 0.1) is 17.3 Å². The Morgan fingerprint density at radius 2 is 2.05 bits per heavy atom. The zero-order chi connectivity index (χ0) is 16.1. The molecule has 6 nitrogen and oxygen atoms in total. The van der Waals surface area contributed by atoms with E-state index >= 15 is 0 Å². The van der Waals surface area contributed by atoms with Crippen molar-refractivity contribution in [3.05, 3.63) is 41.3 Å². The van der Waals surface area contributed by atoms with Gasteiger partial charge in [0, 0.05) is 5.56 Å². The molecule has 0 aliphatic carbocycles. The molecule has 7 heteroatoms. The second kappa shape index (κ2) is 4.96. The summed E-state index contributed by atoms with van der Waals surface area (Å²) >= 11 is 0. The molecule has 118 valence electrons. The number of hydrogen-bond acceptors (Lipinski definition) is 5. The summed E-state index contributed by atoms with van der Waals surface area (Å²) in [6.45, 7) is 5.66. The van der Waals surface area contributed by atoms with Crippen LogP contribution in [-0.4, -0.2) is 20.2 Å². The summed E-state index contributed by atoms with van der Waals surface area (Å²) < 4.78 is 15.8. The molecule has 1 unspecified atom stereocenters. The molecular weight excluding hydrogens is 287 g/mol. The quantitative estimate of drug-likeness (QED) is 0.743. The second-order valence-electron chi connectivity index (χ2n) is 6.22. The van der Waals surface area contributed by atoms with Gasteiger partial charge in [-0.2, -0.15) is 5.10 Å². The fourth-order valence-electron chi connectivity index (χ4n) is 3.07. The first-order valence-corrected chi connectivity index (χ1v) is 7.10. The van der Waals surface area contributed by atoms with Crippen LogP contribution in [0.25, 0.3) is 0 Å². The lowest BCUT2D eigenvalue weighted by molar-refractivity contribution is 0.0290. The van der Waals surface area contributed by atoms with Crippen LogP contribution in [0.1, 0.15) is 37.6 Å². The zero-order valence-electron chi connectivity index (χ0n) is 12.7. The minimum Gasteiger partial charge on any atom is -0.361 e. The summed E-state index contributed by atoms with van der Waals surface area (Å²) in [5.41, 5.74) is 0.810. The number of fused-ring (bicyclic) bond motifs is 1. The zero-order valence-corrected chi connectivity index (χ0v) is 12.7. The normalized spacial score (nSPS) is 19.5. The molecule has 1 aromatic carbocycles. The van der Waals surface area contributed by atoms with Gasteiger partial charge in [0.1, 0.15) is 5.82 Å². The van der Waals surface area contributed by atoms with E-state index in [1.165, 1.54) is 6.07 Å². The van der Waals surface area contributed by atoms with E-state index in [9.17, 15) is 14.8 Å². The fraction of sp³-hybridized carbons (Fsp3) is 0.400. The highest BCUT2D eigenvalue weighted by Gasteiger charge is 2.38. The van der Waals surface area contributed by atoms with Gasteiger partial charge in [-0.05, 0) is 33.3 Å². The van der Waals surface area contributed by atoms with Crippen LogP contribution in [0.15, 0.2) is 24.3 Å². The Kier molecular flexibility index (Phi) is 3.34. The second-order valence-corrected chi connectivity index (χ2v) is 6.22. The standard InChI is InChI=1S/C15H19FN4O2/c1-9-13(20(21)22)14-17-12(8-15(2,3)19(14)18-9)10-6-4-5-7-11(10)16/h4-7,12,17,21-22H,8H2,1-3H3. The Morgan fingerprint density at radius 1 is 1.36 bits per heavy atom. The van der Waals surface area contributed by atoms with Gasteiger partial charge in [0.25, 0.3) is 0 Å². The highest BCUT2D eigenvalue weighted by Crippen LogP contribution is 2.43. The van der Waals surface area contributed by atoms with Crippen molar-refractivity contribution in [3.63, 3.8) is 0 Å². The number of hydrogen-bond donors (Lipinski definition) is 3. The molecule has 0 spiro atoms. The maximum absolute atomic E-state index is 14.1. The van der Waals surface area contributed by atoms with E-state index in [1.807, 2.05) is 13.8 Å². The molecule has 2 heterocycles. The molecule has 3 rings (SSSR count). The predicted molar refractivity (Wildman–Crippen MR) is 79.7 cm³/mol. The van der Waals surface area contributed by atoms with Crippen LogP contribution in [-0.2, 0) is 5.54 Å². The predicted octanol–water partition coefficient (Wildman–Crippen LogP) is 3.21. The summed E-state index contributed by atoms with van der Waals surface area (Å²) in [5, 5.41) is 26.5. The van der Waals surface area contributed by atoms with Gasteiger partial charge in [-0.1, -0.05) is 18.2 Å². The first kappa shape index (κ1) is 14.8. The van der Waals surface area contributed by atoms with Gasteiger partial charge >= 0.3 is 0 Å². The lowest BCUT2D eigenvalue weighted by atomic mass is 9.89. The topological polar surface area (TPSA) is 73.6 Å². The lowest BCUT2D eigenvalue weighted by Gasteiger charge is -2.38. The molecule has 3 N–H and O–H groups in total. The summed E-state index contributed by atoms with van der Waals surface area (Å²) in [6.07, 6.45) is 0.623. The Bertz CT molecular complexity index is 712. The van der Waals surface area contributed by atoms with Crippen LogP contribution >= 0.6 is 0 Å². The minimum absolute atomic E-state index is 0.0565. The van der Waals surface area contributed by atoms with Crippen LogP contribution in [0.4, 0.5) is 15.9 Å². The third kappa shape index (κ3) is 2.22. The van der Waals surface area contributed by atoms with Gasteiger partial charge in [0.15, 0.2) is 11.5 Å². The van der Waals surface area contributed by atoms with Gasteiger partial charge in [0.2, 0.25) is 0 Å². The number of aromatic nitrogens is 2. The van der Waals surface area contributed by atoms with E-state index in [4.69, 9.17) is 0 Å². The third-order valence-electron chi connectivity index (χ3n) is 4.10. The highest BCUT2D eigenvalue weighted by molar-refractivity contribution is 5.68. The molecular formula is C15H19FN4O2. The van der Waals surface area contributed by atoms with Crippen LogP contribution in [0.2, 0.25) is 0 Å². The molecule has 1 atom stereocenters.